The Morgan fingerprint density at radius 2 is 1.83 bits per heavy atom. The highest BCUT2D eigenvalue weighted by molar-refractivity contribution is 6.30. The van der Waals surface area contributed by atoms with Crippen LogP contribution < -0.4 is 15.6 Å². The summed E-state index contributed by atoms with van der Waals surface area (Å²) in [6.45, 7) is 0.534. The van der Waals surface area contributed by atoms with Gasteiger partial charge in [0.25, 0.3) is 5.56 Å². The van der Waals surface area contributed by atoms with Gasteiger partial charge in [-0.05, 0) is 42.0 Å². The van der Waals surface area contributed by atoms with Crippen LogP contribution in [0.1, 0.15) is 5.56 Å². The number of anilines is 1. The average molecular weight is 342 g/mol. The SMILES string of the molecule is COc1ccc(-c2cc(=O)[nH]c(NCc3ccc(Cl)cc3)n2)cc1. The monoisotopic (exact) mass is 341 g/mol. The number of benzene rings is 2. The van der Waals surface area contributed by atoms with Gasteiger partial charge in [0.15, 0.2) is 0 Å². The van der Waals surface area contributed by atoms with E-state index in [-0.39, 0.29) is 5.56 Å². The van der Waals surface area contributed by atoms with Gasteiger partial charge >= 0.3 is 0 Å². The third kappa shape index (κ3) is 3.94. The van der Waals surface area contributed by atoms with E-state index in [0.29, 0.717) is 23.2 Å². The van der Waals surface area contributed by atoms with E-state index in [2.05, 4.69) is 15.3 Å². The number of rotatable bonds is 5. The van der Waals surface area contributed by atoms with Crippen LogP contribution in [-0.2, 0) is 6.54 Å². The summed E-state index contributed by atoms with van der Waals surface area (Å²) < 4.78 is 5.14. The normalized spacial score (nSPS) is 10.4. The quantitative estimate of drug-likeness (QED) is 0.742. The van der Waals surface area contributed by atoms with Crippen molar-refractivity contribution in [1.82, 2.24) is 9.97 Å². The zero-order valence-corrected chi connectivity index (χ0v) is 13.8. The molecule has 0 aliphatic carbocycles. The minimum atomic E-state index is -0.213. The lowest BCUT2D eigenvalue weighted by molar-refractivity contribution is 0.415. The highest BCUT2D eigenvalue weighted by Gasteiger charge is 2.05. The number of aromatic amines is 1. The molecular formula is C18H16ClN3O2. The predicted octanol–water partition coefficient (Wildman–Crippen LogP) is 3.71. The number of nitrogens with zero attached hydrogens (tertiary/aromatic N) is 1. The van der Waals surface area contributed by atoms with Gasteiger partial charge in [-0.2, -0.15) is 0 Å². The number of aromatic nitrogens is 2. The molecular weight excluding hydrogens is 326 g/mol. The summed E-state index contributed by atoms with van der Waals surface area (Å²) >= 11 is 5.87. The maximum absolute atomic E-state index is 11.9. The van der Waals surface area contributed by atoms with Crippen LogP contribution in [-0.4, -0.2) is 17.1 Å². The molecule has 0 aliphatic heterocycles. The van der Waals surface area contributed by atoms with Gasteiger partial charge in [0, 0.05) is 23.2 Å². The molecule has 0 bridgehead atoms. The molecule has 2 N–H and O–H groups in total. The van der Waals surface area contributed by atoms with E-state index < -0.39 is 0 Å². The van der Waals surface area contributed by atoms with E-state index in [4.69, 9.17) is 16.3 Å². The lowest BCUT2D eigenvalue weighted by Crippen LogP contribution is -2.12. The Labute approximate surface area is 144 Å². The lowest BCUT2D eigenvalue weighted by Gasteiger charge is -2.08. The molecule has 0 unspecified atom stereocenters. The smallest absolute Gasteiger partial charge is 0.252 e. The van der Waals surface area contributed by atoms with Crippen LogP contribution >= 0.6 is 11.6 Å². The molecule has 0 fully saturated rings. The fourth-order valence-electron chi connectivity index (χ4n) is 2.24. The van der Waals surface area contributed by atoms with Crippen molar-refractivity contribution in [3.63, 3.8) is 0 Å². The van der Waals surface area contributed by atoms with Crippen LogP contribution in [0.2, 0.25) is 5.02 Å². The van der Waals surface area contributed by atoms with Crippen molar-refractivity contribution in [3.05, 3.63) is 75.5 Å². The summed E-state index contributed by atoms with van der Waals surface area (Å²) in [7, 11) is 1.61. The molecule has 0 amide bonds. The Morgan fingerprint density at radius 3 is 2.50 bits per heavy atom. The minimum absolute atomic E-state index is 0.213. The number of ether oxygens (including phenoxy) is 1. The van der Waals surface area contributed by atoms with E-state index in [1.54, 1.807) is 7.11 Å². The van der Waals surface area contributed by atoms with Gasteiger partial charge in [-0.25, -0.2) is 4.98 Å². The van der Waals surface area contributed by atoms with Crippen molar-refractivity contribution in [2.75, 3.05) is 12.4 Å². The number of halogens is 1. The molecule has 1 aromatic heterocycles. The summed E-state index contributed by atoms with van der Waals surface area (Å²) in [6.07, 6.45) is 0. The predicted molar refractivity (Wildman–Crippen MR) is 95.6 cm³/mol. The molecule has 2 aromatic carbocycles. The molecule has 122 valence electrons. The van der Waals surface area contributed by atoms with Gasteiger partial charge in [0.05, 0.1) is 12.8 Å². The Morgan fingerprint density at radius 1 is 1.12 bits per heavy atom. The Balaban J connectivity index is 1.80. The van der Waals surface area contributed by atoms with Gasteiger partial charge in [0.2, 0.25) is 5.95 Å². The van der Waals surface area contributed by atoms with E-state index in [9.17, 15) is 4.79 Å². The molecule has 0 saturated heterocycles. The van der Waals surface area contributed by atoms with Crippen LogP contribution in [0.3, 0.4) is 0 Å². The first-order chi connectivity index (χ1) is 11.6. The number of methoxy groups -OCH3 is 1. The van der Waals surface area contributed by atoms with Crippen LogP contribution in [0.15, 0.2) is 59.4 Å². The fourth-order valence-corrected chi connectivity index (χ4v) is 2.37. The van der Waals surface area contributed by atoms with Gasteiger partial charge < -0.3 is 10.1 Å². The summed E-state index contributed by atoms with van der Waals surface area (Å²) in [6, 6.07) is 16.3. The molecule has 1 heterocycles. The molecule has 6 heteroatoms. The maximum Gasteiger partial charge on any atom is 0.252 e. The Hall–Kier alpha value is -2.79. The first kappa shape index (κ1) is 16.1. The molecule has 3 rings (SSSR count). The molecule has 0 saturated carbocycles. The first-order valence-electron chi connectivity index (χ1n) is 7.38. The highest BCUT2D eigenvalue weighted by Crippen LogP contribution is 2.20. The maximum atomic E-state index is 11.9. The van der Waals surface area contributed by atoms with Crippen LogP contribution in [0.5, 0.6) is 5.75 Å². The zero-order chi connectivity index (χ0) is 16.9. The van der Waals surface area contributed by atoms with Gasteiger partial charge in [-0.3, -0.25) is 9.78 Å². The second-order valence-corrected chi connectivity index (χ2v) is 5.62. The van der Waals surface area contributed by atoms with Gasteiger partial charge in [-0.15, -0.1) is 0 Å². The third-order valence-corrected chi connectivity index (χ3v) is 3.75. The van der Waals surface area contributed by atoms with E-state index in [0.717, 1.165) is 16.9 Å². The lowest BCUT2D eigenvalue weighted by atomic mass is 10.1. The molecule has 0 radical (unpaired) electrons. The van der Waals surface area contributed by atoms with E-state index >= 15 is 0 Å². The van der Waals surface area contributed by atoms with Crippen molar-refractivity contribution in [3.8, 4) is 17.0 Å². The molecule has 0 spiro atoms. The van der Waals surface area contributed by atoms with E-state index in [1.807, 2.05) is 48.5 Å². The average Bonchev–Trinajstić information content (AvgIpc) is 2.61. The van der Waals surface area contributed by atoms with Crippen molar-refractivity contribution in [2.24, 2.45) is 0 Å². The molecule has 24 heavy (non-hydrogen) atoms. The number of nitrogens with one attached hydrogen (secondary N) is 2. The molecule has 0 aliphatic rings. The third-order valence-electron chi connectivity index (χ3n) is 3.50. The van der Waals surface area contributed by atoms with E-state index in [1.165, 1.54) is 6.07 Å². The number of hydrogen-bond donors (Lipinski definition) is 2. The summed E-state index contributed by atoms with van der Waals surface area (Å²) in [4.78, 5) is 19.0. The van der Waals surface area contributed by atoms with Crippen molar-refractivity contribution in [1.29, 1.82) is 0 Å². The number of hydrogen-bond acceptors (Lipinski definition) is 4. The first-order valence-corrected chi connectivity index (χ1v) is 7.76. The minimum Gasteiger partial charge on any atom is -0.497 e. The standard InChI is InChI=1S/C18H16ClN3O2/c1-24-15-8-4-13(5-9-15)16-10-17(23)22-18(21-16)20-11-12-2-6-14(19)7-3-12/h2-10H,11H2,1H3,(H2,20,21,22,23). The van der Waals surface area contributed by atoms with Gasteiger partial charge in [-0.1, -0.05) is 23.7 Å². The van der Waals surface area contributed by atoms with Gasteiger partial charge in [0.1, 0.15) is 5.75 Å². The second kappa shape index (κ2) is 7.19. The van der Waals surface area contributed by atoms with Crippen molar-refractivity contribution < 1.29 is 4.74 Å². The summed E-state index contributed by atoms with van der Waals surface area (Å²) in [5.74, 6) is 1.17. The summed E-state index contributed by atoms with van der Waals surface area (Å²) in [5.41, 5.74) is 2.27. The second-order valence-electron chi connectivity index (χ2n) is 5.19. The number of H-pyrrole nitrogens is 1. The topological polar surface area (TPSA) is 67.0 Å². The highest BCUT2D eigenvalue weighted by atomic mass is 35.5. The van der Waals surface area contributed by atoms with Crippen molar-refractivity contribution >= 4 is 17.5 Å². The fraction of sp³-hybridized carbons (Fsp3) is 0.111. The largest absolute Gasteiger partial charge is 0.497 e. The molecule has 5 nitrogen and oxygen atoms in total. The molecule has 0 atom stereocenters. The Bertz CT molecular complexity index is 874. The Kier molecular flexibility index (Phi) is 4.82. The van der Waals surface area contributed by atoms with Crippen LogP contribution in [0.25, 0.3) is 11.3 Å². The van der Waals surface area contributed by atoms with Crippen LogP contribution in [0, 0.1) is 0 Å². The zero-order valence-electron chi connectivity index (χ0n) is 13.0. The van der Waals surface area contributed by atoms with Crippen molar-refractivity contribution in [2.45, 2.75) is 6.54 Å². The van der Waals surface area contributed by atoms with Crippen LogP contribution in [0.4, 0.5) is 5.95 Å². The summed E-state index contributed by atoms with van der Waals surface area (Å²) in [5, 5.41) is 3.81. The molecule has 3 aromatic rings.